The predicted octanol–water partition coefficient (Wildman–Crippen LogP) is 5.08. The number of rotatable bonds is 5. The van der Waals surface area contributed by atoms with Crippen LogP contribution in [0.4, 0.5) is 0 Å². The zero-order chi connectivity index (χ0) is 22.9. The smallest absolute Gasteiger partial charge is 0.174 e. The predicted molar refractivity (Wildman–Crippen MR) is 122 cm³/mol. The van der Waals surface area contributed by atoms with Gasteiger partial charge < -0.3 is 4.84 Å². The summed E-state index contributed by atoms with van der Waals surface area (Å²) < 4.78 is 0. The Kier molecular flexibility index (Phi) is 7.03. The Morgan fingerprint density at radius 1 is 0.833 bits per heavy atom. The molecule has 0 unspecified atom stereocenters. The molecule has 0 aliphatic heterocycles. The first kappa shape index (κ1) is 23.5. The van der Waals surface area contributed by atoms with Crippen molar-refractivity contribution < 1.29 is 10.0 Å². The van der Waals surface area contributed by atoms with E-state index < -0.39 is 0 Å². The zero-order valence-corrected chi connectivity index (χ0v) is 19.9. The van der Waals surface area contributed by atoms with Gasteiger partial charge in [-0.15, -0.1) is 0 Å². The van der Waals surface area contributed by atoms with Crippen LogP contribution >= 0.6 is 0 Å². The summed E-state index contributed by atoms with van der Waals surface area (Å²) in [6.07, 6.45) is 0. The van der Waals surface area contributed by atoms with Crippen LogP contribution in [0.2, 0.25) is 0 Å². The van der Waals surface area contributed by atoms with Gasteiger partial charge in [0, 0.05) is 18.3 Å². The van der Waals surface area contributed by atoms with Gasteiger partial charge in [-0.1, -0.05) is 5.16 Å². The van der Waals surface area contributed by atoms with Crippen molar-refractivity contribution in [1.29, 1.82) is 5.41 Å². The van der Waals surface area contributed by atoms with E-state index in [0.29, 0.717) is 5.71 Å². The molecule has 0 saturated carbocycles. The van der Waals surface area contributed by atoms with Gasteiger partial charge in [0.1, 0.15) is 0 Å². The molecule has 2 aromatic rings. The first-order valence-electron chi connectivity index (χ1n) is 10.1. The van der Waals surface area contributed by atoms with Crippen molar-refractivity contribution in [3.8, 4) is 0 Å². The van der Waals surface area contributed by atoms with Gasteiger partial charge in [0.15, 0.2) is 18.2 Å². The van der Waals surface area contributed by atoms with Crippen molar-refractivity contribution in [2.75, 3.05) is 7.05 Å². The summed E-state index contributed by atoms with van der Waals surface area (Å²) >= 11 is 0. The van der Waals surface area contributed by atoms with Gasteiger partial charge in [-0.05, 0) is 107 Å². The molecular formula is C24H34N4O2. The molecule has 0 aliphatic carbocycles. The maximum Gasteiger partial charge on any atom is 0.174 e. The number of likely N-dealkylation sites (N-methyl/N-ethyl adjacent to an activating group) is 1. The average Bonchev–Trinajstić information content (AvgIpc) is 2.71. The van der Waals surface area contributed by atoms with Crippen molar-refractivity contribution in [2.45, 2.75) is 68.9 Å². The number of hydrogen-bond acceptors (Lipinski definition) is 5. The van der Waals surface area contributed by atoms with E-state index in [1.165, 1.54) is 23.7 Å². The molecule has 0 spiro atoms. The molecule has 30 heavy (non-hydrogen) atoms. The first-order valence-corrected chi connectivity index (χ1v) is 10.1. The molecule has 6 heteroatoms. The highest BCUT2D eigenvalue weighted by Gasteiger charge is 2.22. The lowest BCUT2D eigenvalue weighted by Gasteiger charge is -2.21. The molecule has 1 aromatic heterocycles. The van der Waals surface area contributed by atoms with Crippen molar-refractivity contribution in [3.63, 3.8) is 0 Å². The molecule has 2 rings (SSSR count). The molecule has 1 heterocycles. The maximum absolute atomic E-state index is 9.95. The summed E-state index contributed by atoms with van der Waals surface area (Å²) in [5.41, 5.74) is 12.0. The summed E-state index contributed by atoms with van der Waals surface area (Å²) in [6.45, 7) is 18.6. The molecule has 0 aliphatic rings. The van der Waals surface area contributed by atoms with Gasteiger partial charge in [0.2, 0.25) is 0 Å². The molecule has 0 fully saturated rings. The second-order valence-electron chi connectivity index (χ2n) is 8.10. The Balaban J connectivity index is 2.54. The zero-order valence-electron chi connectivity index (χ0n) is 19.9. The van der Waals surface area contributed by atoms with Crippen molar-refractivity contribution in [1.82, 2.24) is 10.0 Å². The van der Waals surface area contributed by atoms with Crippen LogP contribution in [0.25, 0.3) is 0 Å². The Morgan fingerprint density at radius 3 is 1.80 bits per heavy atom. The third kappa shape index (κ3) is 4.24. The van der Waals surface area contributed by atoms with Crippen molar-refractivity contribution in [2.24, 2.45) is 5.16 Å². The molecule has 2 N–H and O–H groups in total. The molecule has 0 saturated heterocycles. The number of hydroxylamine groups is 2. The fourth-order valence-corrected chi connectivity index (χ4v) is 3.65. The maximum atomic E-state index is 9.95. The topological polar surface area (TPSA) is 81.8 Å². The van der Waals surface area contributed by atoms with E-state index in [4.69, 9.17) is 10.2 Å². The Labute approximate surface area is 180 Å². The molecular weight excluding hydrogens is 376 g/mol. The molecule has 162 valence electrons. The molecule has 0 atom stereocenters. The number of oxime groups is 1. The minimum atomic E-state index is -0.121. The van der Waals surface area contributed by atoms with E-state index in [0.717, 1.165) is 49.8 Å². The average molecular weight is 411 g/mol. The van der Waals surface area contributed by atoms with E-state index >= 15 is 0 Å². The Hall–Kier alpha value is -2.73. The van der Waals surface area contributed by atoms with Crippen LogP contribution in [0.3, 0.4) is 0 Å². The number of amidine groups is 1. The van der Waals surface area contributed by atoms with E-state index in [1.54, 1.807) is 0 Å². The van der Waals surface area contributed by atoms with Crippen LogP contribution in [-0.2, 0) is 11.4 Å². The third-order valence-electron chi connectivity index (χ3n) is 6.55. The molecule has 0 amide bonds. The summed E-state index contributed by atoms with van der Waals surface area (Å²) in [6, 6.07) is 0. The lowest BCUT2D eigenvalue weighted by molar-refractivity contribution is 0.0148. The number of benzene rings is 1. The third-order valence-corrected chi connectivity index (χ3v) is 6.55. The van der Waals surface area contributed by atoms with Crippen LogP contribution in [0.1, 0.15) is 61.5 Å². The SMILES string of the molecule is Cc1nc(CON=C(C(=N)N(C)O)c2c(C)c(C)c(C)c(C)c2C)c(C)c(C)c1C. The summed E-state index contributed by atoms with van der Waals surface area (Å²) in [5, 5.41) is 23.4. The molecule has 0 bridgehead atoms. The fraction of sp³-hybridized carbons (Fsp3) is 0.458. The Morgan fingerprint density at radius 2 is 1.30 bits per heavy atom. The van der Waals surface area contributed by atoms with E-state index in [-0.39, 0.29) is 12.4 Å². The van der Waals surface area contributed by atoms with Gasteiger partial charge in [-0.2, -0.15) is 0 Å². The molecule has 1 aromatic carbocycles. The minimum absolute atomic E-state index is 0.121. The summed E-state index contributed by atoms with van der Waals surface area (Å²) in [5.74, 6) is -0.121. The number of hydrogen-bond donors (Lipinski definition) is 2. The van der Waals surface area contributed by atoms with Crippen LogP contribution in [0, 0.1) is 67.7 Å². The van der Waals surface area contributed by atoms with Crippen molar-refractivity contribution >= 4 is 11.5 Å². The van der Waals surface area contributed by atoms with Gasteiger partial charge in [-0.25, -0.2) is 5.06 Å². The number of aromatic nitrogens is 1. The highest BCUT2D eigenvalue weighted by atomic mass is 16.6. The lowest BCUT2D eigenvalue weighted by Crippen LogP contribution is -2.32. The van der Waals surface area contributed by atoms with E-state index in [2.05, 4.69) is 44.8 Å². The van der Waals surface area contributed by atoms with Gasteiger partial charge in [0.05, 0.1) is 5.69 Å². The van der Waals surface area contributed by atoms with Crippen molar-refractivity contribution in [3.05, 3.63) is 61.5 Å². The second-order valence-corrected chi connectivity index (χ2v) is 8.10. The van der Waals surface area contributed by atoms with Crippen LogP contribution in [0.15, 0.2) is 5.16 Å². The van der Waals surface area contributed by atoms with Crippen LogP contribution in [-0.4, -0.2) is 33.8 Å². The Bertz CT molecular complexity index is 1010. The molecule has 6 nitrogen and oxygen atoms in total. The van der Waals surface area contributed by atoms with Crippen LogP contribution in [0.5, 0.6) is 0 Å². The molecule has 0 radical (unpaired) electrons. The quantitative estimate of drug-likeness (QED) is 0.409. The number of aryl methyl sites for hydroxylation is 1. The van der Waals surface area contributed by atoms with E-state index in [1.807, 2.05) is 27.7 Å². The number of pyridine rings is 1. The van der Waals surface area contributed by atoms with Crippen LogP contribution < -0.4 is 0 Å². The largest absolute Gasteiger partial charge is 0.389 e. The van der Waals surface area contributed by atoms with E-state index in [9.17, 15) is 5.21 Å². The second kappa shape index (κ2) is 8.96. The highest BCUT2D eigenvalue weighted by molar-refractivity contribution is 6.46. The first-order chi connectivity index (χ1) is 13.9. The summed E-state index contributed by atoms with van der Waals surface area (Å²) in [7, 11) is 1.41. The highest BCUT2D eigenvalue weighted by Crippen LogP contribution is 2.27. The van der Waals surface area contributed by atoms with Gasteiger partial charge in [-0.3, -0.25) is 15.6 Å². The minimum Gasteiger partial charge on any atom is -0.389 e. The monoisotopic (exact) mass is 410 g/mol. The lowest BCUT2D eigenvalue weighted by atomic mass is 9.87. The standard InChI is InChI=1S/C24H34N4O2/c1-12-13(2)18(7)22(19(8)14(12)3)23(24(25)28(10)29)27-30-11-21-17(6)15(4)16(5)20(9)26-21/h25,29H,11H2,1-10H3. The van der Waals surface area contributed by atoms with Gasteiger partial charge >= 0.3 is 0 Å². The van der Waals surface area contributed by atoms with Gasteiger partial charge in [0.25, 0.3) is 0 Å². The summed E-state index contributed by atoms with van der Waals surface area (Å²) in [4.78, 5) is 10.4. The fourth-order valence-electron chi connectivity index (χ4n) is 3.65. The number of nitrogens with one attached hydrogen (secondary N) is 1. The number of nitrogens with zero attached hydrogens (tertiary/aromatic N) is 3. The normalized spacial score (nSPS) is 11.6.